The van der Waals surface area contributed by atoms with Crippen LogP contribution in [0.5, 0.6) is 0 Å². The number of nitrogens with zero attached hydrogens (tertiary/aromatic N) is 2. The van der Waals surface area contributed by atoms with Crippen LogP contribution < -0.4 is 5.32 Å². The van der Waals surface area contributed by atoms with Crippen molar-refractivity contribution in [3.8, 4) is 0 Å². The summed E-state index contributed by atoms with van der Waals surface area (Å²) in [5.41, 5.74) is 1.74. The van der Waals surface area contributed by atoms with Gasteiger partial charge in [0.05, 0.1) is 15.8 Å². The molecule has 0 atom stereocenters. The van der Waals surface area contributed by atoms with Gasteiger partial charge in [0.2, 0.25) is 11.1 Å². The fourth-order valence-corrected chi connectivity index (χ4v) is 3.03. The largest absolute Gasteiger partial charge is 0.325 e. The molecular weight excluding hydrogens is 379 g/mol. The van der Waals surface area contributed by atoms with Gasteiger partial charge in [-0.2, -0.15) is 0 Å². The van der Waals surface area contributed by atoms with E-state index in [1.807, 2.05) is 30.3 Å². The lowest BCUT2D eigenvalue weighted by Gasteiger charge is -2.05. The Morgan fingerprint density at radius 1 is 1.12 bits per heavy atom. The molecule has 3 aromatic rings. The van der Waals surface area contributed by atoms with E-state index in [2.05, 4.69) is 20.5 Å². The number of hydrogen-bond acceptors (Lipinski definition) is 4. The molecule has 0 aliphatic heterocycles. The Morgan fingerprint density at radius 3 is 2.68 bits per heavy atom. The fourth-order valence-electron chi connectivity index (χ4n) is 2.11. The van der Waals surface area contributed by atoms with Gasteiger partial charge in [0.15, 0.2) is 0 Å². The number of halogens is 2. The predicted octanol–water partition coefficient (Wildman–Crippen LogP) is 4.43. The molecule has 1 aromatic heterocycles. The molecule has 0 fully saturated rings. The number of H-pyrrole nitrogens is 1. The Hall–Kier alpha value is -2.02. The normalized spacial score (nSPS) is 10.6. The van der Waals surface area contributed by atoms with E-state index >= 15 is 0 Å². The van der Waals surface area contributed by atoms with Crippen LogP contribution >= 0.6 is 35.0 Å². The van der Waals surface area contributed by atoms with Gasteiger partial charge in [-0.3, -0.25) is 9.89 Å². The molecule has 1 heterocycles. The molecule has 0 saturated heterocycles. The van der Waals surface area contributed by atoms with Crippen molar-refractivity contribution in [2.24, 2.45) is 0 Å². The molecule has 8 heteroatoms. The van der Waals surface area contributed by atoms with Gasteiger partial charge in [-0.25, -0.2) is 4.98 Å². The summed E-state index contributed by atoms with van der Waals surface area (Å²) in [7, 11) is 0. The summed E-state index contributed by atoms with van der Waals surface area (Å²) < 4.78 is 0. The third-order valence-electron chi connectivity index (χ3n) is 3.26. The summed E-state index contributed by atoms with van der Waals surface area (Å²) in [5, 5.41) is 11.2. The molecule has 0 aliphatic carbocycles. The Balaban J connectivity index is 1.51. The van der Waals surface area contributed by atoms with E-state index in [-0.39, 0.29) is 11.7 Å². The van der Waals surface area contributed by atoms with Gasteiger partial charge in [-0.05, 0) is 23.8 Å². The van der Waals surface area contributed by atoms with E-state index in [1.165, 1.54) is 11.8 Å². The quantitative estimate of drug-likeness (QED) is 0.608. The molecule has 3 rings (SSSR count). The minimum atomic E-state index is -0.169. The third kappa shape index (κ3) is 5.22. The van der Waals surface area contributed by atoms with Gasteiger partial charge >= 0.3 is 0 Å². The van der Waals surface area contributed by atoms with E-state index in [4.69, 9.17) is 23.2 Å². The summed E-state index contributed by atoms with van der Waals surface area (Å²) >= 11 is 13.0. The molecule has 0 saturated carbocycles. The van der Waals surface area contributed by atoms with Crippen LogP contribution in [-0.4, -0.2) is 26.8 Å². The molecular formula is C17H14Cl2N4OS. The van der Waals surface area contributed by atoms with Gasteiger partial charge in [0, 0.05) is 12.1 Å². The molecule has 0 aliphatic rings. The number of carbonyl (C=O) groups is 1. The molecule has 2 aromatic carbocycles. The fraction of sp³-hybridized carbons (Fsp3) is 0.118. The van der Waals surface area contributed by atoms with Gasteiger partial charge in [0.25, 0.3) is 0 Å². The van der Waals surface area contributed by atoms with Crippen LogP contribution in [0, 0.1) is 0 Å². The third-order valence-corrected chi connectivity index (χ3v) is 4.85. The standard InChI is InChI=1S/C17H14Cl2N4OS/c18-13-7-6-12(9-14(13)19)20-16(24)10-25-17-21-15(22-23-17)8-11-4-2-1-3-5-11/h1-7,9H,8,10H2,(H,20,24)(H,21,22,23). The molecule has 0 spiro atoms. The van der Waals surface area contributed by atoms with E-state index in [0.29, 0.717) is 27.3 Å². The second kappa shape index (κ2) is 8.38. The molecule has 0 radical (unpaired) electrons. The number of thioether (sulfide) groups is 1. The Bertz CT molecular complexity index is 870. The lowest BCUT2D eigenvalue weighted by Crippen LogP contribution is -2.14. The lowest BCUT2D eigenvalue weighted by molar-refractivity contribution is -0.113. The second-order valence-electron chi connectivity index (χ2n) is 5.19. The second-order valence-corrected chi connectivity index (χ2v) is 6.95. The number of benzene rings is 2. The van der Waals surface area contributed by atoms with Crippen molar-refractivity contribution in [2.75, 3.05) is 11.1 Å². The van der Waals surface area contributed by atoms with Gasteiger partial charge in [-0.1, -0.05) is 65.3 Å². The molecule has 0 bridgehead atoms. The van der Waals surface area contributed by atoms with E-state index < -0.39 is 0 Å². The number of hydrogen-bond donors (Lipinski definition) is 2. The van der Waals surface area contributed by atoms with Crippen molar-refractivity contribution in [1.29, 1.82) is 0 Å². The molecule has 5 nitrogen and oxygen atoms in total. The highest BCUT2D eigenvalue weighted by molar-refractivity contribution is 7.99. The highest BCUT2D eigenvalue weighted by Gasteiger charge is 2.09. The van der Waals surface area contributed by atoms with Crippen LogP contribution in [0.3, 0.4) is 0 Å². The molecule has 1 amide bonds. The van der Waals surface area contributed by atoms with Gasteiger partial charge in [0.1, 0.15) is 5.82 Å². The van der Waals surface area contributed by atoms with Crippen molar-refractivity contribution < 1.29 is 4.79 Å². The highest BCUT2D eigenvalue weighted by Crippen LogP contribution is 2.25. The minimum Gasteiger partial charge on any atom is -0.325 e. The van der Waals surface area contributed by atoms with Crippen molar-refractivity contribution in [3.63, 3.8) is 0 Å². The number of aromatic nitrogens is 3. The first-order chi connectivity index (χ1) is 12.1. The monoisotopic (exact) mass is 392 g/mol. The van der Waals surface area contributed by atoms with Gasteiger partial charge < -0.3 is 5.32 Å². The van der Waals surface area contributed by atoms with Crippen molar-refractivity contribution in [1.82, 2.24) is 15.2 Å². The van der Waals surface area contributed by atoms with Crippen molar-refractivity contribution >= 4 is 46.6 Å². The summed E-state index contributed by atoms with van der Waals surface area (Å²) in [4.78, 5) is 16.4. The summed E-state index contributed by atoms with van der Waals surface area (Å²) in [6, 6.07) is 14.9. The van der Waals surface area contributed by atoms with Gasteiger partial charge in [-0.15, -0.1) is 5.10 Å². The number of rotatable bonds is 6. The highest BCUT2D eigenvalue weighted by atomic mass is 35.5. The summed E-state index contributed by atoms with van der Waals surface area (Å²) in [5.74, 6) is 0.791. The molecule has 2 N–H and O–H groups in total. The topological polar surface area (TPSA) is 70.7 Å². The first-order valence-corrected chi connectivity index (χ1v) is 9.17. The maximum atomic E-state index is 12.0. The predicted molar refractivity (Wildman–Crippen MR) is 101 cm³/mol. The van der Waals surface area contributed by atoms with E-state index in [0.717, 1.165) is 11.4 Å². The number of carbonyl (C=O) groups excluding carboxylic acids is 1. The molecule has 0 unspecified atom stereocenters. The number of nitrogens with one attached hydrogen (secondary N) is 2. The first-order valence-electron chi connectivity index (χ1n) is 7.43. The van der Waals surface area contributed by atoms with Crippen LogP contribution in [0.15, 0.2) is 53.7 Å². The number of anilines is 1. The number of amides is 1. The zero-order valence-corrected chi connectivity index (χ0v) is 15.3. The van der Waals surface area contributed by atoms with Crippen LogP contribution in [0.4, 0.5) is 5.69 Å². The lowest BCUT2D eigenvalue weighted by atomic mass is 10.1. The summed E-state index contributed by atoms with van der Waals surface area (Å²) in [6.45, 7) is 0. The molecule has 25 heavy (non-hydrogen) atoms. The Morgan fingerprint density at radius 2 is 1.92 bits per heavy atom. The first kappa shape index (κ1) is 17.8. The van der Waals surface area contributed by atoms with Crippen LogP contribution in [-0.2, 0) is 11.2 Å². The van der Waals surface area contributed by atoms with Crippen molar-refractivity contribution in [2.45, 2.75) is 11.6 Å². The smallest absolute Gasteiger partial charge is 0.234 e. The maximum absolute atomic E-state index is 12.0. The van der Waals surface area contributed by atoms with E-state index in [9.17, 15) is 4.79 Å². The zero-order valence-electron chi connectivity index (χ0n) is 13.0. The maximum Gasteiger partial charge on any atom is 0.234 e. The van der Waals surface area contributed by atoms with Crippen LogP contribution in [0.25, 0.3) is 0 Å². The van der Waals surface area contributed by atoms with Crippen molar-refractivity contribution in [3.05, 3.63) is 70.0 Å². The summed E-state index contributed by atoms with van der Waals surface area (Å²) in [6.07, 6.45) is 0.671. The van der Waals surface area contributed by atoms with E-state index in [1.54, 1.807) is 18.2 Å². The average molecular weight is 393 g/mol. The van der Waals surface area contributed by atoms with Crippen LogP contribution in [0.1, 0.15) is 11.4 Å². The van der Waals surface area contributed by atoms with Crippen LogP contribution in [0.2, 0.25) is 10.0 Å². The number of aromatic amines is 1. The molecule has 128 valence electrons. The zero-order chi connectivity index (χ0) is 17.6. The minimum absolute atomic E-state index is 0.169. The average Bonchev–Trinajstić information content (AvgIpc) is 3.05. The SMILES string of the molecule is O=C(CSc1n[nH]c(Cc2ccccc2)n1)Nc1ccc(Cl)c(Cl)c1. The Kier molecular flexibility index (Phi) is 5.96. The Labute approximate surface area is 159 Å².